The number of fused-ring (bicyclic) bond motifs is 1. The quantitative estimate of drug-likeness (QED) is 0.680. The number of H-pyrrole nitrogens is 1. The van der Waals surface area contributed by atoms with Gasteiger partial charge in [-0.05, 0) is 24.3 Å². The number of piperidine rings is 1. The summed E-state index contributed by atoms with van der Waals surface area (Å²) in [4.78, 5) is 34.7. The Morgan fingerprint density at radius 1 is 1.28 bits per heavy atom. The molecule has 176 valence electrons. The lowest BCUT2D eigenvalue weighted by Crippen LogP contribution is -2.63. The number of aryl methyl sites for hydroxylation is 1. The number of imidazole rings is 1. The van der Waals surface area contributed by atoms with Crippen molar-refractivity contribution in [2.24, 2.45) is 12.5 Å². The summed E-state index contributed by atoms with van der Waals surface area (Å²) in [5.41, 5.74) is 0.151. The zero-order chi connectivity index (χ0) is 23.4. The van der Waals surface area contributed by atoms with Gasteiger partial charge in [0.2, 0.25) is 0 Å². The summed E-state index contributed by atoms with van der Waals surface area (Å²) in [6.45, 7) is 6.26. The number of aromatic amines is 1. The zero-order valence-electron chi connectivity index (χ0n) is 18.8. The molecule has 0 aliphatic carbocycles. The van der Waals surface area contributed by atoms with Crippen molar-refractivity contribution in [1.29, 1.82) is 0 Å². The molecule has 2 aromatic heterocycles. The number of carboxylic acid groups (broad SMARTS) is 1. The normalized spacial score (nSPS) is 24.8. The van der Waals surface area contributed by atoms with Gasteiger partial charge in [-0.15, -0.1) is 0 Å². The minimum absolute atomic E-state index is 0.0534. The highest BCUT2D eigenvalue weighted by Crippen LogP contribution is 2.38. The first-order chi connectivity index (χ1) is 14.9. The average molecular weight is 453 g/mol. The molecule has 11 heteroatoms. The molecule has 2 saturated heterocycles. The Hall–Kier alpha value is -2.69. The topological polar surface area (TPSA) is 97.7 Å². The number of likely N-dealkylation sites (tertiary alicyclic amines) is 1. The number of hydrogen-bond donors (Lipinski definition) is 2. The van der Waals surface area contributed by atoms with E-state index < -0.39 is 18.7 Å². The van der Waals surface area contributed by atoms with Crippen LogP contribution in [0.4, 0.5) is 19.4 Å². The first-order valence-electron chi connectivity index (χ1n) is 10.8. The Morgan fingerprint density at radius 2 is 2.00 bits per heavy atom. The lowest BCUT2D eigenvalue weighted by molar-refractivity contribution is -0.0784. The highest BCUT2D eigenvalue weighted by atomic mass is 19.3. The number of rotatable bonds is 2. The summed E-state index contributed by atoms with van der Waals surface area (Å²) in [5, 5.41) is 9.58. The van der Waals surface area contributed by atoms with Gasteiger partial charge < -0.3 is 15.0 Å². The smallest absolute Gasteiger partial charge is 0.407 e. The van der Waals surface area contributed by atoms with Crippen molar-refractivity contribution >= 4 is 22.9 Å². The van der Waals surface area contributed by atoms with Crippen LogP contribution >= 0.6 is 0 Å². The fourth-order valence-corrected chi connectivity index (χ4v) is 5.07. The molecule has 0 spiro atoms. The van der Waals surface area contributed by atoms with E-state index in [1.54, 1.807) is 11.0 Å². The van der Waals surface area contributed by atoms with Crippen molar-refractivity contribution < 1.29 is 18.7 Å². The Kier molecular flexibility index (Phi) is 5.43. The van der Waals surface area contributed by atoms with E-state index >= 15 is 8.78 Å². The van der Waals surface area contributed by atoms with E-state index in [0.717, 1.165) is 4.90 Å². The minimum atomic E-state index is -3.19. The SMILES string of the molecule is Cn1c(=O)[nH]c2ccnc(N3CCN(C4CCN(C(=O)O)C(C(C)(C)C)C4)CC3(F)F)c21. The van der Waals surface area contributed by atoms with Crippen LogP contribution in [0.1, 0.15) is 33.6 Å². The number of hydrogen-bond acceptors (Lipinski definition) is 5. The number of nitrogens with zero attached hydrogens (tertiary/aromatic N) is 5. The molecule has 2 aliphatic rings. The van der Waals surface area contributed by atoms with Gasteiger partial charge in [-0.25, -0.2) is 14.6 Å². The van der Waals surface area contributed by atoms with Crippen LogP contribution in [-0.2, 0) is 7.05 Å². The van der Waals surface area contributed by atoms with Crippen LogP contribution in [0.25, 0.3) is 11.0 Å². The molecule has 2 atom stereocenters. The largest absolute Gasteiger partial charge is 0.465 e. The third kappa shape index (κ3) is 3.82. The highest BCUT2D eigenvalue weighted by molar-refractivity contribution is 5.86. The average Bonchev–Trinajstić information content (AvgIpc) is 3.00. The molecule has 2 fully saturated rings. The van der Waals surface area contributed by atoms with E-state index in [4.69, 9.17) is 0 Å². The molecule has 0 saturated carbocycles. The van der Waals surface area contributed by atoms with E-state index in [0.29, 0.717) is 37.0 Å². The Morgan fingerprint density at radius 3 is 2.62 bits per heavy atom. The summed E-state index contributed by atoms with van der Waals surface area (Å²) < 4.78 is 32.1. The second kappa shape index (κ2) is 7.72. The number of piperazine rings is 1. The van der Waals surface area contributed by atoms with Gasteiger partial charge in [0.15, 0.2) is 5.82 Å². The van der Waals surface area contributed by atoms with E-state index in [1.165, 1.54) is 22.7 Å². The molecular weight excluding hydrogens is 422 g/mol. The van der Waals surface area contributed by atoms with Crippen LogP contribution in [-0.4, -0.2) is 79.8 Å². The van der Waals surface area contributed by atoms with E-state index in [-0.39, 0.29) is 35.6 Å². The molecule has 0 radical (unpaired) electrons. The van der Waals surface area contributed by atoms with Crippen LogP contribution in [0.5, 0.6) is 0 Å². The van der Waals surface area contributed by atoms with E-state index in [2.05, 4.69) is 9.97 Å². The monoisotopic (exact) mass is 452 g/mol. The van der Waals surface area contributed by atoms with Crippen LogP contribution in [0.15, 0.2) is 17.1 Å². The molecule has 2 unspecified atom stereocenters. The van der Waals surface area contributed by atoms with Crippen molar-refractivity contribution in [1.82, 2.24) is 24.3 Å². The molecule has 2 N–H and O–H groups in total. The maximum absolute atomic E-state index is 15.4. The van der Waals surface area contributed by atoms with Gasteiger partial charge in [-0.1, -0.05) is 20.8 Å². The molecule has 4 rings (SSSR count). The van der Waals surface area contributed by atoms with Gasteiger partial charge in [0.1, 0.15) is 5.52 Å². The zero-order valence-corrected chi connectivity index (χ0v) is 18.8. The Labute approximate surface area is 184 Å². The Balaban J connectivity index is 1.57. The van der Waals surface area contributed by atoms with Gasteiger partial charge in [-0.3, -0.25) is 14.4 Å². The number of alkyl halides is 2. The molecule has 4 heterocycles. The summed E-state index contributed by atoms with van der Waals surface area (Å²) in [7, 11) is 1.53. The van der Waals surface area contributed by atoms with E-state index in [9.17, 15) is 14.7 Å². The summed E-state index contributed by atoms with van der Waals surface area (Å²) in [5.74, 6) is 0.0845. The van der Waals surface area contributed by atoms with Gasteiger partial charge in [0, 0.05) is 45.0 Å². The van der Waals surface area contributed by atoms with Crippen molar-refractivity contribution in [2.75, 3.05) is 31.1 Å². The number of carbonyl (C=O) groups is 1. The molecule has 0 bridgehead atoms. The molecule has 32 heavy (non-hydrogen) atoms. The van der Waals surface area contributed by atoms with Gasteiger partial charge >= 0.3 is 17.8 Å². The predicted molar refractivity (Wildman–Crippen MR) is 116 cm³/mol. The van der Waals surface area contributed by atoms with Crippen LogP contribution < -0.4 is 10.6 Å². The number of amides is 1. The third-order valence-electron chi connectivity index (χ3n) is 6.78. The molecule has 9 nitrogen and oxygen atoms in total. The number of aromatic nitrogens is 3. The van der Waals surface area contributed by atoms with Gasteiger partial charge in [-0.2, -0.15) is 8.78 Å². The van der Waals surface area contributed by atoms with Gasteiger partial charge in [0.05, 0.1) is 12.1 Å². The second-order valence-electron chi connectivity index (χ2n) is 9.84. The third-order valence-corrected chi connectivity index (χ3v) is 6.78. The summed E-state index contributed by atoms with van der Waals surface area (Å²) in [6, 6.07) is -1.95. The van der Waals surface area contributed by atoms with Crippen LogP contribution in [0, 0.1) is 5.41 Å². The standard InChI is InChI=1S/C21H30F2N6O3/c1-20(2,3)15-11-13(6-8-28(15)19(31)32)27-9-10-29(21(22,23)12-27)17-16-14(5-7-24-17)25-18(30)26(16)4/h5,7,13,15H,6,8-12H2,1-4H3,(H,25,30)(H,31,32). The molecule has 1 amide bonds. The summed E-state index contributed by atoms with van der Waals surface area (Å²) >= 11 is 0. The molecule has 0 aromatic carbocycles. The van der Waals surface area contributed by atoms with Crippen molar-refractivity contribution in [2.45, 2.75) is 51.7 Å². The fraction of sp³-hybridized carbons (Fsp3) is 0.667. The molecule has 2 aliphatic heterocycles. The van der Waals surface area contributed by atoms with Crippen LogP contribution in [0.2, 0.25) is 0 Å². The molecule has 2 aromatic rings. The fourth-order valence-electron chi connectivity index (χ4n) is 5.07. The lowest BCUT2D eigenvalue weighted by Gasteiger charge is -2.50. The number of halogens is 2. The van der Waals surface area contributed by atoms with Crippen molar-refractivity contribution in [3.63, 3.8) is 0 Å². The molecular formula is C21H30F2N6O3. The van der Waals surface area contributed by atoms with Gasteiger partial charge in [0.25, 0.3) is 0 Å². The highest BCUT2D eigenvalue weighted by Gasteiger charge is 2.48. The number of nitrogens with one attached hydrogen (secondary N) is 1. The second-order valence-corrected chi connectivity index (χ2v) is 9.84. The Bertz CT molecular complexity index is 1080. The number of pyridine rings is 1. The van der Waals surface area contributed by atoms with Crippen LogP contribution in [0.3, 0.4) is 0 Å². The minimum Gasteiger partial charge on any atom is -0.465 e. The maximum Gasteiger partial charge on any atom is 0.407 e. The first-order valence-corrected chi connectivity index (χ1v) is 10.8. The maximum atomic E-state index is 15.4. The van der Waals surface area contributed by atoms with Crippen molar-refractivity contribution in [3.8, 4) is 0 Å². The van der Waals surface area contributed by atoms with E-state index in [1.807, 2.05) is 20.8 Å². The van der Waals surface area contributed by atoms with Crippen molar-refractivity contribution in [3.05, 3.63) is 22.7 Å². The first kappa shape index (κ1) is 22.5. The predicted octanol–water partition coefficient (Wildman–Crippen LogP) is 2.53. The lowest BCUT2D eigenvalue weighted by atomic mass is 9.79. The summed E-state index contributed by atoms with van der Waals surface area (Å²) in [6.07, 6.45) is 1.50. The number of anilines is 1.